The summed E-state index contributed by atoms with van der Waals surface area (Å²) in [4.78, 5) is 21.9. The van der Waals surface area contributed by atoms with Gasteiger partial charge >= 0.3 is 0 Å². The van der Waals surface area contributed by atoms with Crippen molar-refractivity contribution >= 4 is 0 Å². The highest BCUT2D eigenvalue weighted by molar-refractivity contribution is 5.46. The Kier molecular flexibility index (Phi) is 16.0. The molecule has 8 rings (SSSR count). The Morgan fingerprint density at radius 3 is 1.58 bits per heavy atom. The van der Waals surface area contributed by atoms with Gasteiger partial charge in [-0.25, -0.2) is 43.6 Å². The molecule has 5 aromatic heterocycles. The number of nitrogens with zero attached hydrogens (tertiary/aromatic N) is 13. The smallest absolute Gasteiger partial charge is 0.156 e. The van der Waals surface area contributed by atoms with Crippen molar-refractivity contribution in [2.75, 3.05) is 7.11 Å². The van der Waals surface area contributed by atoms with Crippen LogP contribution in [0, 0.1) is 20.8 Å². The summed E-state index contributed by atoms with van der Waals surface area (Å²) in [5.41, 5.74) is 4.38. The van der Waals surface area contributed by atoms with Gasteiger partial charge in [0.25, 0.3) is 0 Å². The fourth-order valence-electron chi connectivity index (χ4n) is 6.14. The van der Waals surface area contributed by atoms with Crippen molar-refractivity contribution in [3.63, 3.8) is 0 Å². The van der Waals surface area contributed by atoms with Crippen LogP contribution in [0.4, 0.5) is 0 Å². The average Bonchev–Trinajstić information content (AvgIpc) is 4.09. The zero-order valence-electron chi connectivity index (χ0n) is 41.9. The van der Waals surface area contributed by atoms with Gasteiger partial charge in [-0.1, -0.05) is 144 Å². The zero-order valence-corrected chi connectivity index (χ0v) is 41.9. The first kappa shape index (κ1) is 50.2. The van der Waals surface area contributed by atoms with Crippen LogP contribution < -0.4 is 4.74 Å². The van der Waals surface area contributed by atoms with Crippen LogP contribution in [0.15, 0.2) is 116 Å². The molecule has 0 atom stereocenters. The van der Waals surface area contributed by atoms with Gasteiger partial charge in [-0.15, -0.1) is 5.10 Å². The third-order valence-corrected chi connectivity index (χ3v) is 9.88. The van der Waals surface area contributed by atoms with E-state index in [1.54, 1.807) is 30.6 Å². The summed E-state index contributed by atoms with van der Waals surface area (Å²) in [6.45, 7) is 32.1. The number of aromatic nitrogens is 13. The number of hydrogen-bond donors (Lipinski definition) is 0. The lowest BCUT2D eigenvalue weighted by Crippen LogP contribution is -2.14. The first-order valence-corrected chi connectivity index (χ1v) is 22.3. The Labute approximate surface area is 391 Å². The maximum atomic E-state index is 5.36. The van der Waals surface area contributed by atoms with E-state index < -0.39 is 0 Å². The summed E-state index contributed by atoms with van der Waals surface area (Å²) in [5.74, 6) is 6.83. The molecule has 0 spiro atoms. The molecule has 0 aliphatic rings. The summed E-state index contributed by atoms with van der Waals surface area (Å²) in [6, 6.07) is 32.1. The van der Waals surface area contributed by atoms with Crippen LogP contribution in [0.1, 0.15) is 129 Å². The second kappa shape index (κ2) is 21.0. The second-order valence-corrected chi connectivity index (χ2v) is 20.3. The summed E-state index contributed by atoms with van der Waals surface area (Å²) < 4.78 is 12.7. The number of pyridine rings is 1. The molecule has 14 heteroatoms. The van der Waals surface area contributed by atoms with Crippen LogP contribution in [0.2, 0.25) is 0 Å². The van der Waals surface area contributed by atoms with Crippen LogP contribution in [-0.4, -0.2) is 71.2 Å². The predicted molar refractivity (Wildman–Crippen MR) is 263 cm³/mol. The van der Waals surface area contributed by atoms with E-state index in [-0.39, 0.29) is 21.7 Å². The van der Waals surface area contributed by atoms with Gasteiger partial charge in [0.2, 0.25) is 0 Å². The Morgan fingerprint density at radius 1 is 0.500 bits per heavy atom. The van der Waals surface area contributed by atoms with E-state index in [1.165, 1.54) is 11.1 Å². The largest absolute Gasteiger partial charge is 0.494 e. The second-order valence-electron chi connectivity index (χ2n) is 20.3. The van der Waals surface area contributed by atoms with Gasteiger partial charge in [-0.3, -0.25) is 0 Å². The topological polar surface area (TPSA) is 145 Å². The maximum Gasteiger partial charge on any atom is 0.156 e. The molecule has 0 radical (unpaired) electrons. The van der Waals surface area contributed by atoms with Crippen molar-refractivity contribution in [2.45, 2.75) is 132 Å². The lowest BCUT2D eigenvalue weighted by molar-refractivity contribution is 0.411. The maximum absolute atomic E-state index is 5.36. The van der Waals surface area contributed by atoms with Crippen molar-refractivity contribution in [3.8, 4) is 22.9 Å². The van der Waals surface area contributed by atoms with E-state index in [9.17, 15) is 0 Å². The van der Waals surface area contributed by atoms with E-state index >= 15 is 0 Å². The zero-order chi connectivity index (χ0) is 48.5. The van der Waals surface area contributed by atoms with Crippen molar-refractivity contribution in [2.24, 2.45) is 0 Å². The molecule has 0 saturated heterocycles. The number of benzene rings is 3. The number of aryl methyl sites for hydroxylation is 3. The molecule has 0 saturated carbocycles. The highest BCUT2D eigenvalue weighted by Gasteiger charge is 2.23. The minimum absolute atomic E-state index is 0.0141. The Hall–Kier alpha value is -6.83. The Morgan fingerprint density at radius 2 is 1.05 bits per heavy atom. The number of rotatable bonds is 6. The van der Waals surface area contributed by atoms with Crippen molar-refractivity contribution in [1.29, 1.82) is 0 Å². The average molecular weight is 892 g/mol. The molecular weight excluding hydrogens is 823 g/mol. The van der Waals surface area contributed by atoms with Crippen LogP contribution in [-0.2, 0) is 28.2 Å². The Balaban J connectivity index is 0.000000165. The van der Waals surface area contributed by atoms with Gasteiger partial charge in [0.05, 0.1) is 19.3 Å². The van der Waals surface area contributed by atoms with E-state index in [0.717, 1.165) is 64.4 Å². The van der Waals surface area contributed by atoms with E-state index in [1.807, 2.05) is 94.6 Å². The molecule has 0 fully saturated rings. The van der Waals surface area contributed by atoms with Crippen molar-refractivity contribution < 1.29 is 4.74 Å². The fraction of sp³-hybridized carbons (Fsp3) is 0.404. The quantitative estimate of drug-likeness (QED) is 0.158. The first-order valence-electron chi connectivity index (χ1n) is 22.3. The van der Waals surface area contributed by atoms with Gasteiger partial charge in [-0.05, 0) is 68.3 Å². The molecule has 0 unspecified atom stereocenters. The SMILES string of the molecule is CC(C)(C)c1ncn(-c2ccccn2)n1.CC(C)(C)c1ncn(Cc2ccccc2)n1.COc1ccccc1-n1nc(C(C)(C)C)nc1C.Cc1cccc(-n2nc(C(C)(C)C)nc2C)c1. The van der Waals surface area contributed by atoms with E-state index in [4.69, 9.17) is 4.74 Å². The number of ether oxygens (including phenoxy) is 1. The van der Waals surface area contributed by atoms with Crippen LogP contribution in [0.25, 0.3) is 17.2 Å². The van der Waals surface area contributed by atoms with Crippen LogP contribution in [0.5, 0.6) is 5.75 Å². The molecule has 0 amide bonds. The summed E-state index contributed by atoms with van der Waals surface area (Å²) in [7, 11) is 1.66. The van der Waals surface area contributed by atoms with E-state index in [0.29, 0.717) is 0 Å². The van der Waals surface area contributed by atoms with Gasteiger partial charge in [0.1, 0.15) is 35.7 Å². The van der Waals surface area contributed by atoms with Gasteiger partial charge in [0.15, 0.2) is 29.1 Å². The monoisotopic (exact) mass is 892 g/mol. The fourth-order valence-corrected chi connectivity index (χ4v) is 6.14. The Bertz CT molecular complexity index is 2730. The molecule has 0 bridgehead atoms. The molecule has 348 valence electrons. The lowest BCUT2D eigenvalue weighted by Gasteiger charge is -2.12. The normalized spacial score (nSPS) is 11.7. The third kappa shape index (κ3) is 13.8. The molecular formula is C52H69N13O. The highest BCUT2D eigenvalue weighted by Crippen LogP contribution is 2.26. The molecule has 8 aromatic rings. The molecule has 14 nitrogen and oxygen atoms in total. The molecule has 0 N–H and O–H groups in total. The molecule has 0 aliphatic carbocycles. The molecule has 0 aliphatic heterocycles. The number of para-hydroxylation sites is 2. The minimum Gasteiger partial charge on any atom is -0.494 e. The predicted octanol–water partition coefficient (Wildman–Crippen LogP) is 10.6. The molecule has 66 heavy (non-hydrogen) atoms. The van der Waals surface area contributed by atoms with Crippen LogP contribution in [0.3, 0.4) is 0 Å². The third-order valence-electron chi connectivity index (χ3n) is 9.88. The summed E-state index contributed by atoms with van der Waals surface area (Å²) in [5, 5.41) is 18.1. The lowest BCUT2D eigenvalue weighted by atomic mass is 9.96. The van der Waals surface area contributed by atoms with Crippen molar-refractivity contribution in [3.05, 3.63) is 162 Å². The van der Waals surface area contributed by atoms with Gasteiger partial charge < -0.3 is 4.74 Å². The molecule has 5 heterocycles. The van der Waals surface area contributed by atoms with Gasteiger partial charge in [0, 0.05) is 27.9 Å². The first-order chi connectivity index (χ1) is 30.9. The highest BCUT2D eigenvalue weighted by atomic mass is 16.5. The number of hydrogen-bond acceptors (Lipinski definition) is 10. The van der Waals surface area contributed by atoms with Crippen molar-refractivity contribution in [1.82, 2.24) is 64.0 Å². The number of methoxy groups -OCH3 is 1. The van der Waals surface area contributed by atoms with E-state index in [2.05, 4.69) is 166 Å². The van der Waals surface area contributed by atoms with Crippen LogP contribution >= 0.6 is 0 Å². The summed E-state index contributed by atoms with van der Waals surface area (Å²) >= 11 is 0. The standard InChI is InChI=1S/C14H19N3O.C14H19N3.C13H17N3.C11H14N4/c1-10-15-13(14(2,3)4)16-17(10)11-8-6-7-9-12(11)18-5;1-10-7-6-8-12(9-10)17-11(2)15-13(16-17)14(3,4)5;1-13(2,3)12-14-10-16(15-12)9-11-7-5-4-6-8-11;1-11(2,3)10-13-8-15(14-10)9-6-4-5-7-12-9/h6-9H,1-5H3;6-9H,1-5H3;4-8,10H,9H2,1-3H3;4-8H,1-3H3. The van der Waals surface area contributed by atoms with Gasteiger partial charge in [-0.2, -0.15) is 15.3 Å². The molecule has 3 aromatic carbocycles. The minimum atomic E-state index is -0.0575. The summed E-state index contributed by atoms with van der Waals surface area (Å²) in [6.07, 6.45) is 5.24.